The van der Waals surface area contributed by atoms with Gasteiger partial charge in [0, 0.05) is 12.5 Å². The summed E-state index contributed by atoms with van der Waals surface area (Å²) in [6.45, 7) is 10.9. The standard InChI is InChI=1S/C20H30FNO8/c1-9-28-13(23)10-11-19(21)12-20(19,14(24)27-8)22(15(25)29-17(2,3)4)16(26)30-18(5,6)7/h10-11H,9,12H2,1-8H3/b11-10+/t19-,20?/m0/s1. The van der Waals surface area contributed by atoms with Gasteiger partial charge in [-0.05, 0) is 54.5 Å². The van der Waals surface area contributed by atoms with E-state index in [4.69, 9.17) is 14.2 Å². The van der Waals surface area contributed by atoms with E-state index in [1.54, 1.807) is 48.5 Å². The number of ether oxygens (including phenoxy) is 4. The molecule has 0 spiro atoms. The molecule has 0 aromatic rings. The molecule has 0 saturated heterocycles. The maximum atomic E-state index is 15.6. The van der Waals surface area contributed by atoms with Crippen LogP contribution in [0.15, 0.2) is 12.2 Å². The van der Waals surface area contributed by atoms with Crippen LogP contribution in [0.1, 0.15) is 54.9 Å². The van der Waals surface area contributed by atoms with E-state index in [1.807, 2.05) is 0 Å². The lowest BCUT2D eigenvalue weighted by Crippen LogP contribution is -2.57. The number of hydrogen-bond acceptors (Lipinski definition) is 8. The number of nitrogens with zero attached hydrogens (tertiary/aromatic N) is 1. The molecule has 1 unspecified atom stereocenters. The number of halogens is 1. The molecular weight excluding hydrogens is 401 g/mol. The Labute approximate surface area is 175 Å². The molecule has 0 aromatic carbocycles. The lowest BCUT2D eigenvalue weighted by molar-refractivity contribution is -0.150. The second kappa shape index (κ2) is 8.61. The third-order valence-electron chi connectivity index (χ3n) is 3.90. The van der Waals surface area contributed by atoms with Crippen molar-refractivity contribution in [1.29, 1.82) is 0 Å². The number of hydrogen-bond donors (Lipinski definition) is 0. The Morgan fingerprint density at radius 2 is 1.47 bits per heavy atom. The van der Waals surface area contributed by atoms with Crippen LogP contribution in [0.3, 0.4) is 0 Å². The highest BCUT2D eigenvalue weighted by atomic mass is 19.1. The number of carbonyl (C=O) groups excluding carboxylic acids is 4. The van der Waals surface area contributed by atoms with Gasteiger partial charge in [0.05, 0.1) is 13.7 Å². The molecule has 1 rings (SSSR count). The minimum absolute atomic E-state index is 0.0620. The lowest BCUT2D eigenvalue weighted by Gasteiger charge is -2.33. The van der Waals surface area contributed by atoms with Gasteiger partial charge < -0.3 is 18.9 Å². The Morgan fingerprint density at radius 3 is 1.83 bits per heavy atom. The van der Waals surface area contributed by atoms with Gasteiger partial charge in [0.1, 0.15) is 11.2 Å². The molecule has 0 N–H and O–H groups in total. The summed E-state index contributed by atoms with van der Waals surface area (Å²) in [5, 5.41) is 0. The molecule has 170 valence electrons. The summed E-state index contributed by atoms with van der Waals surface area (Å²) in [5.74, 6) is -2.04. The van der Waals surface area contributed by atoms with Crippen molar-refractivity contribution in [3.63, 3.8) is 0 Å². The van der Waals surface area contributed by atoms with E-state index in [1.165, 1.54) is 0 Å². The molecule has 1 fully saturated rings. The van der Waals surface area contributed by atoms with Crippen LogP contribution in [0.25, 0.3) is 0 Å². The molecule has 30 heavy (non-hydrogen) atoms. The molecule has 0 radical (unpaired) electrons. The maximum absolute atomic E-state index is 15.6. The maximum Gasteiger partial charge on any atom is 0.421 e. The first kappa shape index (κ1) is 25.4. The highest BCUT2D eigenvalue weighted by Gasteiger charge is 2.80. The Hall–Kier alpha value is -2.65. The van der Waals surface area contributed by atoms with E-state index in [9.17, 15) is 19.2 Å². The van der Waals surface area contributed by atoms with Gasteiger partial charge in [0.15, 0.2) is 11.2 Å². The molecule has 10 heteroatoms. The molecule has 2 atom stereocenters. The molecule has 2 amide bonds. The van der Waals surface area contributed by atoms with Gasteiger partial charge in [0.25, 0.3) is 0 Å². The molecule has 0 bridgehead atoms. The Bertz CT molecular complexity index is 708. The predicted molar refractivity (Wildman–Crippen MR) is 103 cm³/mol. The van der Waals surface area contributed by atoms with Crippen molar-refractivity contribution in [2.75, 3.05) is 13.7 Å². The van der Waals surface area contributed by atoms with Crippen LogP contribution in [0.5, 0.6) is 0 Å². The average molecular weight is 431 g/mol. The molecule has 0 heterocycles. The van der Waals surface area contributed by atoms with Crippen LogP contribution in [0.4, 0.5) is 14.0 Å². The van der Waals surface area contributed by atoms with E-state index in [2.05, 4.69) is 4.74 Å². The van der Waals surface area contributed by atoms with Crippen LogP contribution in [0, 0.1) is 0 Å². The molecule has 1 aliphatic rings. The van der Waals surface area contributed by atoms with Crippen molar-refractivity contribution in [1.82, 2.24) is 4.90 Å². The van der Waals surface area contributed by atoms with Crippen molar-refractivity contribution in [2.24, 2.45) is 0 Å². The Morgan fingerprint density at radius 1 is 1.00 bits per heavy atom. The van der Waals surface area contributed by atoms with Crippen molar-refractivity contribution < 1.29 is 42.5 Å². The van der Waals surface area contributed by atoms with Crippen molar-refractivity contribution >= 4 is 24.1 Å². The second-order valence-corrected chi connectivity index (χ2v) is 8.77. The summed E-state index contributed by atoms with van der Waals surface area (Å²) < 4.78 is 35.4. The summed E-state index contributed by atoms with van der Waals surface area (Å²) in [6, 6.07) is 0. The van der Waals surface area contributed by atoms with E-state index < -0.39 is 53.0 Å². The normalized spacial score (nSPS) is 23.5. The lowest BCUT2D eigenvalue weighted by atomic mass is 10.1. The monoisotopic (exact) mass is 431 g/mol. The third-order valence-corrected chi connectivity index (χ3v) is 3.90. The van der Waals surface area contributed by atoms with E-state index in [-0.39, 0.29) is 11.5 Å². The molecule has 0 aromatic heterocycles. The molecular formula is C20H30FNO8. The topological polar surface area (TPSA) is 108 Å². The summed E-state index contributed by atoms with van der Waals surface area (Å²) in [6.07, 6.45) is -1.65. The molecule has 9 nitrogen and oxygen atoms in total. The van der Waals surface area contributed by atoms with Crippen LogP contribution < -0.4 is 0 Å². The van der Waals surface area contributed by atoms with Gasteiger partial charge in [0.2, 0.25) is 0 Å². The SMILES string of the molecule is CCOC(=O)/C=C/[C@]1(F)CC1(C(=O)OC)N(C(=O)OC(C)(C)C)C(=O)OC(C)(C)C. The van der Waals surface area contributed by atoms with Crippen LogP contribution in [-0.4, -0.2) is 65.2 Å². The van der Waals surface area contributed by atoms with Gasteiger partial charge in [-0.1, -0.05) is 0 Å². The zero-order valence-electron chi connectivity index (χ0n) is 18.7. The van der Waals surface area contributed by atoms with Gasteiger partial charge in [-0.15, -0.1) is 0 Å². The largest absolute Gasteiger partial charge is 0.467 e. The molecule has 1 saturated carbocycles. The fraction of sp³-hybridized carbons (Fsp3) is 0.700. The minimum Gasteiger partial charge on any atom is -0.467 e. The van der Waals surface area contributed by atoms with E-state index >= 15 is 4.39 Å². The number of carbonyl (C=O) groups is 4. The number of amides is 2. The second-order valence-electron chi connectivity index (χ2n) is 8.77. The predicted octanol–water partition coefficient (Wildman–Crippen LogP) is 3.30. The number of rotatable bonds is 5. The zero-order chi connectivity index (χ0) is 23.5. The summed E-state index contributed by atoms with van der Waals surface area (Å²) in [7, 11) is 0.986. The molecule has 0 aliphatic heterocycles. The number of methoxy groups -OCH3 is 1. The van der Waals surface area contributed by atoms with Gasteiger partial charge in [-0.2, -0.15) is 4.90 Å². The van der Waals surface area contributed by atoms with E-state index in [0.29, 0.717) is 0 Å². The van der Waals surface area contributed by atoms with Crippen molar-refractivity contribution in [3.05, 3.63) is 12.2 Å². The minimum atomic E-state index is -2.58. The van der Waals surface area contributed by atoms with Crippen molar-refractivity contribution in [2.45, 2.75) is 77.3 Å². The van der Waals surface area contributed by atoms with Crippen LogP contribution >= 0.6 is 0 Å². The first-order valence-corrected chi connectivity index (χ1v) is 9.42. The van der Waals surface area contributed by atoms with Crippen LogP contribution in [0.2, 0.25) is 0 Å². The first-order chi connectivity index (χ1) is 13.5. The summed E-state index contributed by atoms with van der Waals surface area (Å²) in [4.78, 5) is 50.1. The zero-order valence-corrected chi connectivity index (χ0v) is 18.7. The Kier molecular flexibility index (Phi) is 7.29. The van der Waals surface area contributed by atoms with Crippen LogP contribution in [-0.2, 0) is 28.5 Å². The smallest absolute Gasteiger partial charge is 0.421 e. The van der Waals surface area contributed by atoms with E-state index in [0.717, 1.165) is 19.3 Å². The number of imide groups is 1. The third kappa shape index (κ3) is 5.70. The van der Waals surface area contributed by atoms with Crippen molar-refractivity contribution in [3.8, 4) is 0 Å². The highest BCUT2D eigenvalue weighted by molar-refractivity contribution is 6.01. The fourth-order valence-corrected chi connectivity index (χ4v) is 2.68. The van der Waals surface area contributed by atoms with Gasteiger partial charge >= 0.3 is 24.1 Å². The average Bonchev–Trinajstić information content (AvgIpc) is 3.16. The quantitative estimate of drug-likeness (QED) is 0.371. The number of esters is 2. The summed E-state index contributed by atoms with van der Waals surface area (Å²) >= 11 is 0. The van der Waals surface area contributed by atoms with Gasteiger partial charge in [-0.25, -0.2) is 23.6 Å². The molecule has 1 aliphatic carbocycles. The number of alkyl halides is 1. The fourth-order valence-electron chi connectivity index (χ4n) is 2.68. The van der Waals surface area contributed by atoms with Gasteiger partial charge in [-0.3, -0.25) is 0 Å². The summed E-state index contributed by atoms with van der Waals surface area (Å²) in [5.41, 5.74) is -7.08. The highest BCUT2D eigenvalue weighted by Crippen LogP contribution is 2.58. The first-order valence-electron chi connectivity index (χ1n) is 9.42. The Balaban J connectivity index is 3.46.